The maximum atomic E-state index is 12.4. The summed E-state index contributed by atoms with van der Waals surface area (Å²) in [6, 6.07) is 0. The number of alkyl halides is 5. The van der Waals surface area contributed by atoms with Crippen LogP contribution in [-0.4, -0.2) is 21.3 Å². The molecule has 0 aromatic carbocycles. The van der Waals surface area contributed by atoms with Crippen molar-refractivity contribution in [3.8, 4) is 0 Å². The Labute approximate surface area is 93.3 Å². The van der Waals surface area contributed by atoms with Crippen molar-refractivity contribution in [1.82, 2.24) is 9.97 Å². The molecule has 1 aromatic rings. The second kappa shape index (κ2) is 5.35. The molecule has 0 aliphatic carbocycles. The lowest BCUT2D eigenvalue weighted by Gasteiger charge is -2.08. The van der Waals surface area contributed by atoms with E-state index in [0.29, 0.717) is 0 Å². The molecular weight excluding hydrogens is 247 g/mol. The highest BCUT2D eigenvalue weighted by Gasteiger charge is 2.27. The molecule has 0 aliphatic heterocycles. The smallest absolute Gasteiger partial charge is 0.389 e. The zero-order valence-electron chi connectivity index (χ0n) is 8.51. The lowest BCUT2D eigenvalue weighted by Crippen LogP contribution is -2.11. The number of nitrogens with zero attached hydrogens (tertiary/aromatic N) is 2. The zero-order valence-corrected chi connectivity index (χ0v) is 8.51. The van der Waals surface area contributed by atoms with Crippen LogP contribution in [-0.2, 0) is 13.0 Å². The van der Waals surface area contributed by atoms with Crippen LogP contribution in [0.3, 0.4) is 0 Å². The summed E-state index contributed by atoms with van der Waals surface area (Å²) in [4.78, 5) is 6.82. The number of rotatable bonds is 4. The normalized spacial score (nSPS) is 12.2. The predicted molar refractivity (Wildman–Crippen MR) is 47.3 cm³/mol. The Morgan fingerprint density at radius 2 is 1.94 bits per heavy atom. The standard InChI is InChI=1S/C9H9F5N2O/c10-8(11)7-5(4-17)3-15-6(16-7)1-2-9(12,13)14/h3,8,17H,1-2,4H2. The Morgan fingerprint density at radius 3 is 2.41 bits per heavy atom. The van der Waals surface area contributed by atoms with Gasteiger partial charge in [-0.25, -0.2) is 18.7 Å². The van der Waals surface area contributed by atoms with Gasteiger partial charge in [0, 0.05) is 18.2 Å². The van der Waals surface area contributed by atoms with E-state index in [1.165, 1.54) is 0 Å². The van der Waals surface area contributed by atoms with Crippen LogP contribution in [0.4, 0.5) is 22.0 Å². The predicted octanol–water partition coefficient (Wildman–Crippen LogP) is 2.40. The van der Waals surface area contributed by atoms with E-state index in [-0.39, 0.29) is 11.4 Å². The fourth-order valence-corrected chi connectivity index (χ4v) is 1.14. The molecule has 0 amide bonds. The molecule has 0 bridgehead atoms. The Balaban J connectivity index is 2.85. The maximum Gasteiger partial charge on any atom is 0.389 e. The molecule has 1 aromatic heterocycles. The first-order valence-electron chi connectivity index (χ1n) is 4.64. The highest BCUT2D eigenvalue weighted by Crippen LogP contribution is 2.23. The van der Waals surface area contributed by atoms with Crippen molar-refractivity contribution in [2.45, 2.75) is 32.1 Å². The molecule has 3 nitrogen and oxygen atoms in total. The molecule has 0 atom stereocenters. The summed E-state index contributed by atoms with van der Waals surface area (Å²) in [5, 5.41) is 8.72. The Hall–Kier alpha value is -1.31. The maximum absolute atomic E-state index is 12.4. The summed E-state index contributed by atoms with van der Waals surface area (Å²) < 4.78 is 60.6. The zero-order chi connectivity index (χ0) is 13.1. The highest BCUT2D eigenvalue weighted by atomic mass is 19.4. The van der Waals surface area contributed by atoms with Crippen molar-refractivity contribution in [2.24, 2.45) is 0 Å². The molecule has 0 fully saturated rings. The fourth-order valence-electron chi connectivity index (χ4n) is 1.14. The van der Waals surface area contributed by atoms with Crippen molar-refractivity contribution in [3.05, 3.63) is 23.3 Å². The summed E-state index contributed by atoms with van der Waals surface area (Å²) in [6.45, 7) is -0.681. The minimum absolute atomic E-state index is 0.184. The SMILES string of the molecule is OCc1cnc(CCC(F)(F)F)nc1C(F)F. The van der Waals surface area contributed by atoms with Crippen molar-refractivity contribution < 1.29 is 27.1 Å². The van der Waals surface area contributed by atoms with Gasteiger partial charge in [0.2, 0.25) is 0 Å². The minimum Gasteiger partial charge on any atom is -0.392 e. The van der Waals surface area contributed by atoms with Crippen LogP contribution in [0.2, 0.25) is 0 Å². The topological polar surface area (TPSA) is 46.0 Å². The van der Waals surface area contributed by atoms with Gasteiger partial charge in [-0.1, -0.05) is 0 Å². The Kier molecular flexibility index (Phi) is 4.33. The fraction of sp³-hybridized carbons (Fsp3) is 0.556. The molecular formula is C9H9F5N2O. The molecule has 1 N–H and O–H groups in total. The van der Waals surface area contributed by atoms with Crippen molar-refractivity contribution in [2.75, 3.05) is 0 Å². The highest BCUT2D eigenvalue weighted by molar-refractivity contribution is 5.18. The van der Waals surface area contributed by atoms with E-state index < -0.39 is 37.7 Å². The Morgan fingerprint density at radius 1 is 1.29 bits per heavy atom. The number of hydrogen-bond donors (Lipinski definition) is 1. The van der Waals surface area contributed by atoms with E-state index in [4.69, 9.17) is 5.11 Å². The largest absolute Gasteiger partial charge is 0.392 e. The monoisotopic (exact) mass is 256 g/mol. The summed E-state index contributed by atoms with van der Waals surface area (Å²) in [5.74, 6) is -0.310. The summed E-state index contributed by atoms with van der Waals surface area (Å²) in [6.07, 6.45) is -8.16. The summed E-state index contributed by atoms with van der Waals surface area (Å²) in [5.41, 5.74) is -0.907. The van der Waals surface area contributed by atoms with Crippen molar-refractivity contribution in [3.63, 3.8) is 0 Å². The molecule has 0 unspecified atom stereocenters. The average molecular weight is 256 g/mol. The molecule has 96 valence electrons. The van der Waals surface area contributed by atoms with Gasteiger partial charge in [-0.2, -0.15) is 13.2 Å². The molecule has 0 radical (unpaired) electrons. The summed E-state index contributed by atoms with van der Waals surface area (Å²) in [7, 11) is 0. The molecule has 1 rings (SSSR count). The average Bonchev–Trinajstić information content (AvgIpc) is 2.25. The number of aromatic nitrogens is 2. The van der Waals surface area contributed by atoms with Gasteiger partial charge in [0.1, 0.15) is 11.5 Å². The lowest BCUT2D eigenvalue weighted by atomic mass is 10.2. The number of halogens is 5. The van der Waals surface area contributed by atoms with Crippen molar-refractivity contribution >= 4 is 0 Å². The van der Waals surface area contributed by atoms with Gasteiger partial charge in [-0.15, -0.1) is 0 Å². The number of aryl methyl sites for hydroxylation is 1. The van der Waals surface area contributed by atoms with E-state index in [1.807, 2.05) is 0 Å². The first-order valence-corrected chi connectivity index (χ1v) is 4.64. The van der Waals surface area contributed by atoms with E-state index in [2.05, 4.69) is 9.97 Å². The van der Waals surface area contributed by atoms with Gasteiger partial charge in [0.25, 0.3) is 6.43 Å². The third-order valence-corrected chi connectivity index (χ3v) is 1.96. The van der Waals surface area contributed by atoms with Crippen LogP contribution in [0.5, 0.6) is 0 Å². The van der Waals surface area contributed by atoms with E-state index in [9.17, 15) is 22.0 Å². The van der Waals surface area contributed by atoms with Crippen LogP contribution in [0, 0.1) is 0 Å². The van der Waals surface area contributed by atoms with Gasteiger partial charge < -0.3 is 5.11 Å². The number of hydrogen-bond acceptors (Lipinski definition) is 3. The Bertz CT molecular complexity index is 380. The molecule has 0 saturated carbocycles. The molecule has 17 heavy (non-hydrogen) atoms. The van der Waals surface area contributed by atoms with Crippen LogP contribution in [0.1, 0.15) is 29.9 Å². The van der Waals surface area contributed by atoms with Gasteiger partial charge in [0.05, 0.1) is 13.0 Å². The quantitative estimate of drug-likeness (QED) is 0.841. The second-order valence-electron chi connectivity index (χ2n) is 3.27. The van der Waals surface area contributed by atoms with Gasteiger partial charge >= 0.3 is 6.18 Å². The lowest BCUT2D eigenvalue weighted by molar-refractivity contribution is -0.134. The van der Waals surface area contributed by atoms with E-state index in [1.54, 1.807) is 0 Å². The van der Waals surface area contributed by atoms with Crippen molar-refractivity contribution in [1.29, 1.82) is 0 Å². The molecule has 8 heteroatoms. The molecule has 0 aliphatic rings. The minimum atomic E-state index is -4.38. The molecule has 1 heterocycles. The third-order valence-electron chi connectivity index (χ3n) is 1.96. The van der Waals surface area contributed by atoms with E-state index >= 15 is 0 Å². The van der Waals surface area contributed by atoms with Crippen LogP contribution >= 0.6 is 0 Å². The molecule has 0 saturated heterocycles. The van der Waals surface area contributed by atoms with E-state index in [0.717, 1.165) is 6.20 Å². The third kappa shape index (κ3) is 4.22. The second-order valence-corrected chi connectivity index (χ2v) is 3.27. The van der Waals surface area contributed by atoms with Crippen LogP contribution < -0.4 is 0 Å². The first kappa shape index (κ1) is 13.8. The van der Waals surface area contributed by atoms with Gasteiger partial charge in [0.15, 0.2) is 0 Å². The number of aliphatic hydroxyl groups is 1. The number of aliphatic hydroxyl groups excluding tert-OH is 1. The van der Waals surface area contributed by atoms with Crippen LogP contribution in [0.15, 0.2) is 6.20 Å². The van der Waals surface area contributed by atoms with Crippen LogP contribution in [0.25, 0.3) is 0 Å². The van der Waals surface area contributed by atoms with Gasteiger partial charge in [-0.05, 0) is 0 Å². The molecule has 0 spiro atoms. The summed E-state index contributed by atoms with van der Waals surface area (Å²) >= 11 is 0. The first-order chi connectivity index (χ1) is 7.83. The van der Waals surface area contributed by atoms with Gasteiger partial charge in [-0.3, -0.25) is 0 Å².